The number of hydrogen-bond acceptors (Lipinski definition) is 7. The Labute approximate surface area is 149 Å². The van der Waals surface area contributed by atoms with Gasteiger partial charge in [-0.05, 0) is 13.5 Å². The maximum atomic E-state index is 5.83. The molecule has 0 unspecified atom stereocenters. The first-order valence-electron chi connectivity index (χ1n) is 9.53. The molecule has 0 N–H and O–H groups in total. The van der Waals surface area contributed by atoms with Crippen LogP contribution in [0.5, 0.6) is 0 Å². The second-order valence-corrected chi connectivity index (χ2v) is 7.15. The molecule has 1 aromatic rings. The van der Waals surface area contributed by atoms with E-state index in [-0.39, 0.29) is 5.79 Å². The van der Waals surface area contributed by atoms with Crippen molar-refractivity contribution in [1.29, 1.82) is 0 Å². The lowest BCUT2D eigenvalue weighted by Gasteiger charge is -2.39. The third kappa shape index (κ3) is 3.59. The van der Waals surface area contributed by atoms with Crippen LogP contribution in [-0.4, -0.2) is 79.7 Å². The van der Waals surface area contributed by atoms with Gasteiger partial charge in [-0.15, -0.1) is 0 Å². The van der Waals surface area contributed by atoms with E-state index in [2.05, 4.69) is 27.7 Å². The number of rotatable bonds is 3. The van der Waals surface area contributed by atoms with E-state index in [1.165, 1.54) is 0 Å². The molecule has 3 saturated heterocycles. The molecule has 1 aromatic heterocycles. The number of ether oxygens (including phenoxy) is 2. The van der Waals surface area contributed by atoms with Gasteiger partial charge in [0.1, 0.15) is 17.5 Å². The zero-order chi connectivity index (χ0) is 17.3. The Bertz CT molecular complexity index is 587. The molecule has 0 aliphatic carbocycles. The molecule has 0 saturated carbocycles. The zero-order valence-corrected chi connectivity index (χ0v) is 15.4. The van der Waals surface area contributed by atoms with Crippen molar-refractivity contribution in [3.05, 3.63) is 11.9 Å². The highest BCUT2D eigenvalue weighted by atomic mass is 16.7. The highest BCUT2D eigenvalue weighted by molar-refractivity contribution is 5.51. The molecule has 0 radical (unpaired) electrons. The quantitative estimate of drug-likeness (QED) is 0.816. The third-order valence-electron chi connectivity index (χ3n) is 5.62. The van der Waals surface area contributed by atoms with Crippen LogP contribution < -0.4 is 9.80 Å². The van der Waals surface area contributed by atoms with Crippen LogP contribution >= 0.6 is 0 Å². The topological polar surface area (TPSA) is 54.0 Å². The van der Waals surface area contributed by atoms with Crippen LogP contribution in [-0.2, 0) is 9.47 Å². The maximum absolute atomic E-state index is 5.83. The van der Waals surface area contributed by atoms with Crippen molar-refractivity contribution >= 4 is 11.6 Å². The summed E-state index contributed by atoms with van der Waals surface area (Å²) in [4.78, 5) is 16.6. The fourth-order valence-electron chi connectivity index (χ4n) is 4.02. The Morgan fingerprint density at radius 2 is 1.48 bits per heavy atom. The minimum atomic E-state index is -0.335. The predicted molar refractivity (Wildman–Crippen MR) is 97.2 cm³/mol. The summed E-state index contributed by atoms with van der Waals surface area (Å²) in [6.45, 7) is 12.9. The first-order valence-corrected chi connectivity index (χ1v) is 9.53. The second kappa shape index (κ2) is 7.05. The SMILES string of the molecule is CCN1CCN(c2cc(N3CCC4(CC3)OCCO4)nc(C)n2)CC1. The van der Waals surface area contributed by atoms with Gasteiger partial charge in [0.15, 0.2) is 5.79 Å². The molecule has 0 atom stereocenters. The number of piperidine rings is 1. The third-order valence-corrected chi connectivity index (χ3v) is 5.62. The van der Waals surface area contributed by atoms with Gasteiger partial charge < -0.3 is 24.2 Å². The molecular weight excluding hydrogens is 318 g/mol. The van der Waals surface area contributed by atoms with Crippen molar-refractivity contribution in [2.24, 2.45) is 0 Å². The molecule has 0 amide bonds. The van der Waals surface area contributed by atoms with E-state index in [1.807, 2.05) is 6.92 Å². The maximum Gasteiger partial charge on any atom is 0.171 e. The number of piperazine rings is 1. The lowest BCUT2D eigenvalue weighted by Crippen LogP contribution is -2.47. The van der Waals surface area contributed by atoms with Gasteiger partial charge in [-0.3, -0.25) is 0 Å². The zero-order valence-electron chi connectivity index (χ0n) is 15.4. The van der Waals surface area contributed by atoms with E-state index in [4.69, 9.17) is 19.4 Å². The summed E-state index contributed by atoms with van der Waals surface area (Å²) in [5.74, 6) is 2.61. The normalized spacial score (nSPS) is 24.2. The number of hydrogen-bond donors (Lipinski definition) is 0. The van der Waals surface area contributed by atoms with E-state index < -0.39 is 0 Å². The van der Waals surface area contributed by atoms with Gasteiger partial charge in [0, 0.05) is 58.2 Å². The van der Waals surface area contributed by atoms with Gasteiger partial charge >= 0.3 is 0 Å². The van der Waals surface area contributed by atoms with Crippen LogP contribution in [0.1, 0.15) is 25.6 Å². The van der Waals surface area contributed by atoms with Gasteiger partial charge in [-0.1, -0.05) is 6.92 Å². The lowest BCUT2D eigenvalue weighted by atomic mass is 10.0. The molecule has 3 fully saturated rings. The molecule has 3 aliphatic heterocycles. The van der Waals surface area contributed by atoms with Crippen LogP contribution in [0, 0.1) is 6.92 Å². The fourth-order valence-corrected chi connectivity index (χ4v) is 4.02. The first-order chi connectivity index (χ1) is 12.2. The van der Waals surface area contributed by atoms with Crippen LogP contribution in [0.3, 0.4) is 0 Å². The molecule has 0 bridgehead atoms. The Kier molecular flexibility index (Phi) is 4.80. The summed E-state index contributed by atoms with van der Waals surface area (Å²) in [5, 5.41) is 0. The molecule has 1 spiro atoms. The van der Waals surface area contributed by atoms with Crippen molar-refractivity contribution in [3.8, 4) is 0 Å². The molecule has 4 rings (SSSR count). The monoisotopic (exact) mass is 347 g/mol. The fraction of sp³-hybridized carbons (Fsp3) is 0.778. The Balaban J connectivity index is 1.45. The van der Waals surface area contributed by atoms with Gasteiger partial charge in [0.05, 0.1) is 13.2 Å². The van der Waals surface area contributed by atoms with E-state index in [0.717, 1.165) is 89.3 Å². The summed E-state index contributed by atoms with van der Waals surface area (Å²) in [5.41, 5.74) is 0. The van der Waals surface area contributed by atoms with E-state index in [9.17, 15) is 0 Å². The number of nitrogens with zero attached hydrogens (tertiary/aromatic N) is 5. The molecular formula is C18H29N5O2. The standard InChI is InChI=1S/C18H29N5O2/c1-3-21-8-10-23(11-9-21)17-14-16(19-15(2)20-17)22-6-4-18(5-7-22)24-12-13-25-18/h14H,3-13H2,1-2H3. The summed E-state index contributed by atoms with van der Waals surface area (Å²) < 4.78 is 11.7. The Hall–Kier alpha value is -1.44. The van der Waals surface area contributed by atoms with Crippen molar-refractivity contribution in [2.75, 3.05) is 68.8 Å². The summed E-state index contributed by atoms with van der Waals surface area (Å²) in [7, 11) is 0. The Morgan fingerprint density at radius 1 is 0.920 bits per heavy atom. The van der Waals surface area contributed by atoms with Gasteiger partial charge in [-0.25, -0.2) is 9.97 Å². The van der Waals surface area contributed by atoms with Gasteiger partial charge in [0.2, 0.25) is 0 Å². The Morgan fingerprint density at radius 3 is 2.04 bits per heavy atom. The van der Waals surface area contributed by atoms with Crippen LogP contribution in [0.4, 0.5) is 11.6 Å². The molecule has 138 valence electrons. The first kappa shape index (κ1) is 17.0. The molecule has 7 heteroatoms. The molecule has 25 heavy (non-hydrogen) atoms. The van der Waals surface area contributed by atoms with E-state index in [0.29, 0.717) is 0 Å². The number of likely N-dealkylation sites (N-methyl/N-ethyl adjacent to an activating group) is 1. The lowest BCUT2D eigenvalue weighted by molar-refractivity contribution is -0.169. The van der Waals surface area contributed by atoms with E-state index in [1.54, 1.807) is 0 Å². The minimum absolute atomic E-state index is 0.335. The van der Waals surface area contributed by atoms with Gasteiger partial charge in [-0.2, -0.15) is 0 Å². The van der Waals surface area contributed by atoms with E-state index >= 15 is 0 Å². The number of aromatic nitrogens is 2. The average molecular weight is 347 g/mol. The highest BCUT2D eigenvalue weighted by Crippen LogP contribution is 2.33. The number of aryl methyl sites for hydroxylation is 1. The molecule has 0 aromatic carbocycles. The average Bonchev–Trinajstić information content (AvgIpc) is 3.10. The van der Waals surface area contributed by atoms with Crippen molar-refractivity contribution in [2.45, 2.75) is 32.5 Å². The van der Waals surface area contributed by atoms with Crippen molar-refractivity contribution in [1.82, 2.24) is 14.9 Å². The molecule has 4 heterocycles. The second-order valence-electron chi connectivity index (χ2n) is 7.15. The smallest absolute Gasteiger partial charge is 0.171 e. The predicted octanol–water partition coefficient (Wildman–Crippen LogP) is 1.27. The summed E-state index contributed by atoms with van der Waals surface area (Å²) in [6, 6.07) is 2.16. The van der Waals surface area contributed by atoms with Crippen LogP contribution in [0.2, 0.25) is 0 Å². The summed E-state index contributed by atoms with van der Waals surface area (Å²) in [6.07, 6.45) is 1.81. The number of anilines is 2. The highest BCUT2D eigenvalue weighted by Gasteiger charge is 2.40. The summed E-state index contributed by atoms with van der Waals surface area (Å²) >= 11 is 0. The largest absolute Gasteiger partial charge is 0.356 e. The van der Waals surface area contributed by atoms with Crippen LogP contribution in [0.25, 0.3) is 0 Å². The van der Waals surface area contributed by atoms with Crippen molar-refractivity contribution < 1.29 is 9.47 Å². The van der Waals surface area contributed by atoms with Crippen LogP contribution in [0.15, 0.2) is 6.07 Å². The van der Waals surface area contributed by atoms with Crippen molar-refractivity contribution in [3.63, 3.8) is 0 Å². The van der Waals surface area contributed by atoms with Gasteiger partial charge in [0.25, 0.3) is 0 Å². The molecule has 7 nitrogen and oxygen atoms in total. The minimum Gasteiger partial charge on any atom is -0.356 e. The molecule has 3 aliphatic rings.